The lowest BCUT2D eigenvalue weighted by molar-refractivity contribution is -0.137. The molecule has 2 heterocycles. The Balaban J connectivity index is 1.35. The number of halogens is 1. The van der Waals surface area contributed by atoms with E-state index in [9.17, 15) is 23.6 Å². The van der Waals surface area contributed by atoms with E-state index < -0.39 is 29.8 Å². The Hall–Kier alpha value is -4.15. The fraction of sp³-hybridized carbons (Fsp3) is 0.515. The molecular weight excluding hydrogens is 565 g/mol. The predicted octanol–water partition coefficient (Wildman–Crippen LogP) is 4.41. The first-order valence-electron chi connectivity index (χ1n) is 15.3. The van der Waals surface area contributed by atoms with Gasteiger partial charge in [-0.05, 0) is 62.3 Å². The number of carbonyl (C=O) groups is 4. The van der Waals surface area contributed by atoms with Gasteiger partial charge in [-0.2, -0.15) is 0 Å². The first-order valence-corrected chi connectivity index (χ1v) is 15.3. The zero-order valence-corrected chi connectivity index (χ0v) is 26.3. The minimum Gasteiger partial charge on any atom is -0.444 e. The van der Waals surface area contributed by atoms with E-state index in [1.807, 2.05) is 50.2 Å². The van der Waals surface area contributed by atoms with Gasteiger partial charge in [0.1, 0.15) is 17.5 Å². The van der Waals surface area contributed by atoms with Gasteiger partial charge in [-0.3, -0.25) is 9.59 Å². The van der Waals surface area contributed by atoms with E-state index in [1.54, 1.807) is 36.6 Å². The Morgan fingerprint density at radius 1 is 0.932 bits per heavy atom. The number of hydrogen-bond acceptors (Lipinski definition) is 5. The van der Waals surface area contributed by atoms with E-state index in [0.29, 0.717) is 56.7 Å². The fourth-order valence-electron chi connectivity index (χ4n) is 5.56. The highest BCUT2D eigenvalue weighted by molar-refractivity contribution is 5.91. The summed E-state index contributed by atoms with van der Waals surface area (Å²) in [6.45, 7) is 10.7. The lowest BCUT2D eigenvalue weighted by Crippen LogP contribution is -2.55. The highest BCUT2D eigenvalue weighted by Crippen LogP contribution is 2.28. The molecule has 2 aliphatic heterocycles. The molecule has 44 heavy (non-hydrogen) atoms. The summed E-state index contributed by atoms with van der Waals surface area (Å²) in [5, 5.41) is 5.73. The third kappa shape index (κ3) is 8.27. The predicted molar refractivity (Wildman–Crippen MR) is 164 cm³/mol. The maximum Gasteiger partial charge on any atom is 0.410 e. The van der Waals surface area contributed by atoms with Crippen LogP contribution in [0.25, 0.3) is 0 Å². The van der Waals surface area contributed by atoms with Crippen LogP contribution in [0.3, 0.4) is 0 Å². The van der Waals surface area contributed by atoms with Crippen LogP contribution >= 0.6 is 0 Å². The molecule has 2 atom stereocenters. The van der Waals surface area contributed by atoms with Gasteiger partial charge in [0.15, 0.2) is 0 Å². The molecule has 238 valence electrons. The molecule has 2 aromatic carbocycles. The van der Waals surface area contributed by atoms with Crippen LogP contribution in [0.5, 0.6) is 0 Å². The molecule has 2 aromatic rings. The van der Waals surface area contributed by atoms with Crippen molar-refractivity contribution in [3.63, 3.8) is 0 Å². The molecule has 2 N–H and O–H groups in total. The summed E-state index contributed by atoms with van der Waals surface area (Å²) >= 11 is 0. The lowest BCUT2D eigenvalue weighted by Gasteiger charge is -2.35. The largest absolute Gasteiger partial charge is 0.444 e. The van der Waals surface area contributed by atoms with Crippen molar-refractivity contribution in [2.75, 3.05) is 39.3 Å². The summed E-state index contributed by atoms with van der Waals surface area (Å²) in [5.74, 6) is -0.990. The van der Waals surface area contributed by atoms with E-state index in [2.05, 4.69) is 10.6 Å². The monoisotopic (exact) mass is 609 g/mol. The van der Waals surface area contributed by atoms with Crippen LogP contribution in [0.4, 0.5) is 14.0 Å². The molecule has 5 amide bonds. The number of rotatable bonds is 7. The SMILES string of the molecule is CC(C)c1ccc([C@@H](NC(=O)[C@@H]2CCCN2C(=O)CNC(=O)N2CCN(C(=O)OC(C)(C)C)CC2)c2ccccc2)cc1F. The van der Waals surface area contributed by atoms with Gasteiger partial charge in [-0.1, -0.05) is 56.3 Å². The van der Waals surface area contributed by atoms with E-state index in [4.69, 9.17) is 4.74 Å². The van der Waals surface area contributed by atoms with Crippen molar-refractivity contribution in [3.8, 4) is 0 Å². The number of amides is 5. The maximum atomic E-state index is 15.0. The smallest absolute Gasteiger partial charge is 0.410 e. The average Bonchev–Trinajstić information content (AvgIpc) is 3.48. The Labute approximate surface area is 258 Å². The molecule has 0 aliphatic carbocycles. The number of hydrogen-bond donors (Lipinski definition) is 2. The topological polar surface area (TPSA) is 111 Å². The number of benzene rings is 2. The molecule has 0 unspecified atom stereocenters. The number of ether oxygens (including phenoxy) is 1. The van der Waals surface area contributed by atoms with Crippen LogP contribution in [0.15, 0.2) is 48.5 Å². The van der Waals surface area contributed by atoms with E-state index in [-0.39, 0.29) is 30.1 Å². The van der Waals surface area contributed by atoms with Gasteiger partial charge >= 0.3 is 12.1 Å². The second-order valence-corrected chi connectivity index (χ2v) is 12.6. The van der Waals surface area contributed by atoms with Crippen molar-refractivity contribution in [1.29, 1.82) is 0 Å². The molecule has 0 radical (unpaired) electrons. The average molecular weight is 610 g/mol. The van der Waals surface area contributed by atoms with Gasteiger partial charge in [-0.25, -0.2) is 14.0 Å². The number of nitrogens with zero attached hydrogens (tertiary/aromatic N) is 3. The van der Waals surface area contributed by atoms with Crippen LogP contribution in [0, 0.1) is 5.82 Å². The summed E-state index contributed by atoms with van der Waals surface area (Å²) < 4.78 is 20.4. The molecule has 0 aromatic heterocycles. The van der Waals surface area contributed by atoms with E-state index in [1.165, 1.54) is 11.0 Å². The summed E-state index contributed by atoms with van der Waals surface area (Å²) in [6.07, 6.45) is 0.719. The maximum absolute atomic E-state index is 15.0. The van der Waals surface area contributed by atoms with Crippen molar-refractivity contribution in [2.45, 2.75) is 71.1 Å². The fourth-order valence-corrected chi connectivity index (χ4v) is 5.56. The Kier molecular flexibility index (Phi) is 10.5. The number of likely N-dealkylation sites (tertiary alicyclic amines) is 1. The van der Waals surface area contributed by atoms with Crippen molar-refractivity contribution >= 4 is 23.9 Å². The molecule has 0 saturated carbocycles. The van der Waals surface area contributed by atoms with Crippen LogP contribution < -0.4 is 10.6 Å². The highest BCUT2D eigenvalue weighted by Gasteiger charge is 2.36. The van der Waals surface area contributed by atoms with E-state index >= 15 is 0 Å². The number of carbonyl (C=O) groups excluding carboxylic acids is 4. The van der Waals surface area contributed by atoms with Gasteiger partial charge in [0, 0.05) is 32.7 Å². The first kappa shape index (κ1) is 32.8. The number of nitrogens with one attached hydrogen (secondary N) is 2. The molecule has 0 bridgehead atoms. The minimum absolute atomic E-state index is 0.0224. The van der Waals surface area contributed by atoms with Crippen LogP contribution in [0.2, 0.25) is 0 Å². The van der Waals surface area contributed by atoms with Crippen LogP contribution in [0.1, 0.15) is 76.1 Å². The zero-order valence-electron chi connectivity index (χ0n) is 26.3. The zero-order chi connectivity index (χ0) is 32.0. The highest BCUT2D eigenvalue weighted by atomic mass is 19.1. The molecule has 0 spiro atoms. The summed E-state index contributed by atoms with van der Waals surface area (Å²) in [6, 6.07) is 12.7. The van der Waals surface area contributed by atoms with Gasteiger partial charge in [0.2, 0.25) is 11.8 Å². The summed E-state index contributed by atoms with van der Waals surface area (Å²) in [5.41, 5.74) is 1.41. The third-order valence-corrected chi connectivity index (χ3v) is 7.88. The standard InChI is InChI=1S/C33H44FN5O5/c1-22(2)25-14-13-24(20-26(25)34)29(23-10-7-6-8-11-23)36-30(41)27-12-9-15-39(27)28(40)21-35-31(42)37-16-18-38(19-17-37)32(43)44-33(3,4)5/h6-8,10-11,13-14,20,22,27,29H,9,12,15-19,21H2,1-5H3,(H,35,42)(H,36,41)/t27-,29-/m0/s1. The van der Waals surface area contributed by atoms with Crippen LogP contribution in [-0.2, 0) is 14.3 Å². The second kappa shape index (κ2) is 14.1. The number of piperazine rings is 1. The molecule has 2 aliphatic rings. The third-order valence-electron chi connectivity index (χ3n) is 7.88. The number of urea groups is 1. The molecule has 11 heteroatoms. The molecule has 10 nitrogen and oxygen atoms in total. The van der Waals surface area contributed by atoms with Crippen molar-refractivity contribution in [3.05, 3.63) is 71.0 Å². The van der Waals surface area contributed by atoms with Crippen molar-refractivity contribution in [2.24, 2.45) is 0 Å². The van der Waals surface area contributed by atoms with Gasteiger partial charge in [0.25, 0.3) is 0 Å². The lowest BCUT2D eigenvalue weighted by atomic mass is 9.94. The van der Waals surface area contributed by atoms with Gasteiger partial charge in [0.05, 0.1) is 12.6 Å². The molecule has 4 rings (SSSR count). The normalized spacial score (nSPS) is 17.8. The summed E-state index contributed by atoms with van der Waals surface area (Å²) in [4.78, 5) is 56.5. The van der Waals surface area contributed by atoms with E-state index in [0.717, 1.165) is 5.56 Å². The molecular formula is C33H44FN5O5. The molecule has 2 fully saturated rings. The van der Waals surface area contributed by atoms with Crippen molar-refractivity contribution < 1.29 is 28.3 Å². The summed E-state index contributed by atoms with van der Waals surface area (Å²) in [7, 11) is 0. The van der Waals surface area contributed by atoms with Gasteiger partial charge in [-0.15, -0.1) is 0 Å². The second-order valence-electron chi connectivity index (χ2n) is 12.6. The Morgan fingerprint density at radius 3 is 2.20 bits per heavy atom. The van der Waals surface area contributed by atoms with Crippen LogP contribution in [-0.4, -0.2) is 89.5 Å². The first-order chi connectivity index (χ1) is 20.8. The molecule has 2 saturated heterocycles. The Bertz CT molecular complexity index is 1340. The van der Waals surface area contributed by atoms with Gasteiger partial charge < -0.3 is 30.1 Å². The van der Waals surface area contributed by atoms with Crippen molar-refractivity contribution in [1.82, 2.24) is 25.3 Å². The quantitative estimate of drug-likeness (QED) is 0.483. The Morgan fingerprint density at radius 2 is 1.59 bits per heavy atom. The minimum atomic E-state index is -0.706.